The Bertz CT molecular complexity index is 1100. The van der Waals surface area contributed by atoms with Crippen LogP contribution >= 0.6 is 0 Å². The van der Waals surface area contributed by atoms with Gasteiger partial charge in [-0.05, 0) is 11.6 Å². The van der Waals surface area contributed by atoms with Crippen LogP contribution in [0, 0.1) is 0 Å². The summed E-state index contributed by atoms with van der Waals surface area (Å²) in [6.45, 7) is -0.513. The number of hydrogen-bond donors (Lipinski definition) is 5. The second-order valence-electron chi connectivity index (χ2n) is 8.18. The average Bonchev–Trinajstić information content (AvgIpc) is 3.14. The Balaban J connectivity index is 1.57. The van der Waals surface area contributed by atoms with Crippen molar-refractivity contribution in [2.75, 3.05) is 31.5 Å². The highest BCUT2D eigenvalue weighted by molar-refractivity contribution is 5.94. The van der Waals surface area contributed by atoms with E-state index in [0.717, 1.165) is 5.56 Å². The number of benzene rings is 1. The molecule has 1 aliphatic heterocycles. The molecule has 2 unspecified atom stereocenters. The Morgan fingerprint density at radius 3 is 2.46 bits per heavy atom. The van der Waals surface area contributed by atoms with Gasteiger partial charge in [-0.1, -0.05) is 30.3 Å². The van der Waals surface area contributed by atoms with E-state index in [0.29, 0.717) is 18.9 Å². The van der Waals surface area contributed by atoms with Gasteiger partial charge < -0.3 is 25.8 Å². The van der Waals surface area contributed by atoms with Gasteiger partial charge in [-0.25, -0.2) is 24.4 Å². The molecule has 1 aromatic heterocycles. The fraction of sp³-hybridized carbons (Fsp3) is 0.348. The number of carboxylic acids is 1. The molecule has 0 spiro atoms. The van der Waals surface area contributed by atoms with E-state index in [2.05, 4.69) is 31.2 Å². The summed E-state index contributed by atoms with van der Waals surface area (Å²) in [6.07, 6.45) is 0.532. The quantitative estimate of drug-likeness (QED) is 0.107. The van der Waals surface area contributed by atoms with E-state index >= 15 is 0 Å². The van der Waals surface area contributed by atoms with Crippen molar-refractivity contribution in [1.82, 2.24) is 25.9 Å². The van der Waals surface area contributed by atoms with Gasteiger partial charge in [0.2, 0.25) is 5.95 Å². The van der Waals surface area contributed by atoms with Gasteiger partial charge in [-0.2, -0.15) is 4.48 Å². The minimum Gasteiger partial charge on any atom is -0.481 e. The summed E-state index contributed by atoms with van der Waals surface area (Å²) >= 11 is 0. The van der Waals surface area contributed by atoms with Crippen molar-refractivity contribution in [2.24, 2.45) is 0 Å². The molecule has 1 aliphatic rings. The highest BCUT2D eigenvalue weighted by Crippen LogP contribution is 2.16. The molecule has 0 radical (unpaired) electrons. The van der Waals surface area contributed by atoms with Crippen molar-refractivity contribution in [3.63, 3.8) is 0 Å². The number of aromatic nitrogens is 2. The molecule has 3 rings (SSSR count). The molecule has 0 saturated carbocycles. The fourth-order valence-corrected chi connectivity index (χ4v) is 3.68. The first-order chi connectivity index (χ1) is 17.8. The monoisotopic (exact) mass is 514 g/mol. The second-order valence-corrected chi connectivity index (χ2v) is 8.18. The van der Waals surface area contributed by atoms with Crippen LogP contribution in [0.15, 0.2) is 48.8 Å². The minimum atomic E-state index is -1.33. The number of aliphatic carboxylic acids is 1. The first-order valence-electron chi connectivity index (χ1n) is 11.5. The molecule has 1 saturated heterocycles. The topological polar surface area (TPSA) is 189 Å². The van der Waals surface area contributed by atoms with Crippen LogP contribution < -0.4 is 21.3 Å². The van der Waals surface area contributed by atoms with Crippen LogP contribution in [0.25, 0.3) is 0 Å². The first-order valence-corrected chi connectivity index (χ1v) is 11.5. The molecule has 5 amide bonds. The Hall–Kier alpha value is -4.59. The third-order valence-electron chi connectivity index (χ3n) is 5.45. The molecule has 2 heterocycles. The van der Waals surface area contributed by atoms with E-state index in [1.807, 2.05) is 0 Å². The molecular formula is C23H28N7O7+. The zero-order chi connectivity index (χ0) is 26.7. The smallest absolute Gasteiger partial charge is 0.425 e. The lowest BCUT2D eigenvalue weighted by molar-refractivity contribution is -0.758. The molecule has 196 valence electrons. The maximum absolute atomic E-state index is 12.8. The molecule has 14 heteroatoms. The number of ether oxygens (including phenoxy) is 1. The van der Waals surface area contributed by atoms with E-state index < -0.39 is 53.5 Å². The number of carbonyl (C=O) groups is 5. The van der Waals surface area contributed by atoms with Crippen molar-refractivity contribution in [3.05, 3.63) is 54.4 Å². The lowest BCUT2D eigenvalue weighted by Gasteiger charge is -2.27. The van der Waals surface area contributed by atoms with Crippen molar-refractivity contribution in [3.8, 4) is 0 Å². The van der Waals surface area contributed by atoms with Gasteiger partial charge in [0.05, 0.1) is 13.0 Å². The van der Waals surface area contributed by atoms with Crippen molar-refractivity contribution >= 4 is 35.9 Å². The van der Waals surface area contributed by atoms with E-state index in [9.17, 15) is 29.1 Å². The number of anilines is 1. The lowest BCUT2D eigenvalue weighted by atomic mass is 10.2. The molecular weight excluding hydrogens is 486 g/mol. The number of carbonyl (C=O) groups excluding carboxylic acids is 4. The Morgan fingerprint density at radius 2 is 1.81 bits per heavy atom. The summed E-state index contributed by atoms with van der Waals surface area (Å²) in [5, 5.41) is 19.3. The molecule has 5 N–H and O–H groups in total. The molecule has 0 aliphatic carbocycles. The largest absolute Gasteiger partial charge is 0.481 e. The number of carboxylic acid groups (broad SMARTS) is 1. The standard InChI is InChI=1S/C23H27N7O7/c31-18(28-17(12-20(33)34)29-23(36)37-15-16-6-2-1-3-7-16)14-30(19(32)13-27-22(30)35)11-5-10-26-21-24-8-4-9-25-21/h1-4,6-9,17H,5,10-15H2,(H4-,24,25,26,27,28,29,31,33,34,35,36)/p+1. The summed E-state index contributed by atoms with van der Waals surface area (Å²) < 4.78 is 4.29. The van der Waals surface area contributed by atoms with E-state index in [4.69, 9.17) is 4.74 Å². The molecule has 37 heavy (non-hydrogen) atoms. The third-order valence-corrected chi connectivity index (χ3v) is 5.45. The normalized spacial score (nSPS) is 17.4. The molecule has 0 bridgehead atoms. The Kier molecular flexibility index (Phi) is 9.43. The summed E-state index contributed by atoms with van der Waals surface area (Å²) in [5.41, 5.74) is 0.717. The number of nitrogens with one attached hydrogen (secondary N) is 4. The van der Waals surface area contributed by atoms with E-state index in [1.54, 1.807) is 48.8 Å². The number of quaternary nitrogens is 1. The van der Waals surface area contributed by atoms with Gasteiger partial charge in [0.1, 0.15) is 19.3 Å². The maximum Gasteiger partial charge on any atom is 0.425 e. The highest BCUT2D eigenvalue weighted by atomic mass is 16.5. The van der Waals surface area contributed by atoms with Gasteiger partial charge in [-0.15, -0.1) is 0 Å². The predicted molar refractivity (Wildman–Crippen MR) is 127 cm³/mol. The van der Waals surface area contributed by atoms with Crippen molar-refractivity contribution < 1.29 is 38.3 Å². The van der Waals surface area contributed by atoms with Crippen LogP contribution in [0.4, 0.5) is 15.5 Å². The summed E-state index contributed by atoms with van der Waals surface area (Å²) in [6, 6.07) is 9.85. The summed E-state index contributed by atoms with van der Waals surface area (Å²) in [7, 11) is 0. The number of alkyl carbamates (subject to hydrolysis) is 1. The van der Waals surface area contributed by atoms with E-state index in [-0.39, 0.29) is 19.7 Å². The molecule has 1 fully saturated rings. The number of amides is 5. The van der Waals surface area contributed by atoms with Gasteiger partial charge in [0, 0.05) is 25.4 Å². The van der Waals surface area contributed by atoms with E-state index in [1.165, 1.54) is 0 Å². The molecule has 2 atom stereocenters. The number of urea groups is 1. The second kappa shape index (κ2) is 12.9. The zero-order valence-corrected chi connectivity index (χ0v) is 19.9. The van der Waals surface area contributed by atoms with Crippen LogP contribution in [-0.4, -0.2) is 81.8 Å². The van der Waals surface area contributed by atoms with Gasteiger partial charge in [0.25, 0.3) is 5.91 Å². The average molecular weight is 515 g/mol. The van der Waals surface area contributed by atoms with Crippen molar-refractivity contribution in [1.29, 1.82) is 0 Å². The fourth-order valence-electron chi connectivity index (χ4n) is 3.68. The lowest BCUT2D eigenvalue weighted by Crippen LogP contribution is -2.60. The molecule has 1 aromatic carbocycles. The highest BCUT2D eigenvalue weighted by Gasteiger charge is 2.51. The van der Waals surface area contributed by atoms with Crippen LogP contribution in [0.2, 0.25) is 0 Å². The molecule has 2 aromatic rings. The number of imide groups is 1. The van der Waals surface area contributed by atoms with Crippen LogP contribution in [-0.2, 0) is 25.7 Å². The summed E-state index contributed by atoms with van der Waals surface area (Å²) in [5.74, 6) is -2.20. The van der Waals surface area contributed by atoms with Crippen molar-refractivity contribution in [2.45, 2.75) is 25.6 Å². The van der Waals surface area contributed by atoms with Crippen LogP contribution in [0.3, 0.4) is 0 Å². The SMILES string of the molecule is O=C(O)CC(NC(=O)C[N+]1(CCCNc2ncccn2)C(=O)CNC1=O)NC(=O)OCc1ccccc1. The zero-order valence-electron chi connectivity index (χ0n) is 19.9. The summed E-state index contributed by atoms with van der Waals surface area (Å²) in [4.78, 5) is 69.6. The first kappa shape index (κ1) is 27.0. The number of nitrogens with zero attached hydrogens (tertiary/aromatic N) is 3. The van der Waals surface area contributed by atoms with Gasteiger partial charge >= 0.3 is 24.0 Å². The third kappa shape index (κ3) is 7.96. The minimum absolute atomic E-state index is 0.00800. The Morgan fingerprint density at radius 1 is 1.08 bits per heavy atom. The van der Waals surface area contributed by atoms with Crippen LogP contribution in [0.5, 0.6) is 0 Å². The number of rotatable bonds is 13. The molecule has 14 nitrogen and oxygen atoms in total. The number of hydrogen-bond acceptors (Lipinski definition) is 9. The van der Waals surface area contributed by atoms with Gasteiger partial charge in [-0.3, -0.25) is 14.9 Å². The maximum atomic E-state index is 12.8. The Labute approximate surface area is 212 Å². The van der Waals surface area contributed by atoms with Gasteiger partial charge in [0.15, 0.2) is 6.54 Å². The van der Waals surface area contributed by atoms with Crippen LogP contribution in [0.1, 0.15) is 18.4 Å². The predicted octanol–water partition coefficient (Wildman–Crippen LogP) is 0.189.